The first-order valence-electron chi connectivity index (χ1n) is 7.12. The van der Waals surface area contributed by atoms with E-state index in [0.717, 1.165) is 7.05 Å². The summed E-state index contributed by atoms with van der Waals surface area (Å²) in [6, 6.07) is -1.28. The summed E-state index contributed by atoms with van der Waals surface area (Å²) in [5, 5.41) is 5.21. The van der Waals surface area contributed by atoms with Crippen molar-refractivity contribution in [3.05, 3.63) is 0 Å². The zero-order valence-electron chi connectivity index (χ0n) is 14.3. The Kier molecular flexibility index (Phi) is 7.35. The summed E-state index contributed by atoms with van der Waals surface area (Å²) >= 11 is 0. The zero-order valence-corrected chi connectivity index (χ0v) is 15.1. The molecule has 0 aromatic rings. The predicted octanol–water partition coefficient (Wildman–Crippen LogP) is 1.93. The highest BCUT2D eigenvalue weighted by Crippen LogP contribution is 2.23. The maximum absolute atomic E-state index is 12.4. The third kappa shape index (κ3) is 8.99. The average molecular weight is 361 g/mol. The number of likely N-dealkylation sites (N-methyl/N-ethyl adjacent to an activating group) is 1. The lowest BCUT2D eigenvalue weighted by Crippen LogP contribution is -2.54. The molecule has 0 saturated heterocycles. The summed E-state index contributed by atoms with van der Waals surface area (Å²) in [6.07, 6.45) is -4.81. The topological polar surface area (TPSA) is 78.5 Å². The Balaban J connectivity index is 5.08. The van der Waals surface area contributed by atoms with Crippen molar-refractivity contribution in [2.75, 3.05) is 19.3 Å². The maximum Gasteiger partial charge on any atom is 0.404 e. The van der Waals surface area contributed by atoms with Crippen LogP contribution in [-0.2, 0) is 10.0 Å². The Morgan fingerprint density at radius 3 is 1.96 bits per heavy atom. The molecule has 1 unspecified atom stereocenters. The summed E-state index contributed by atoms with van der Waals surface area (Å²) in [5.74, 6) is -1.93. The SMILES string of the molecule is CC(C)NC(=O)NC(CN(C)S(=O)(=O)CC(F)(F)F)C(C)(C)C. The van der Waals surface area contributed by atoms with Crippen molar-refractivity contribution < 1.29 is 26.4 Å². The second-order valence-electron chi connectivity index (χ2n) is 6.84. The fraction of sp³-hybridized carbons (Fsp3) is 0.923. The van der Waals surface area contributed by atoms with Gasteiger partial charge in [-0.15, -0.1) is 0 Å². The van der Waals surface area contributed by atoms with Crippen LogP contribution in [0.25, 0.3) is 0 Å². The van der Waals surface area contributed by atoms with Gasteiger partial charge < -0.3 is 10.6 Å². The van der Waals surface area contributed by atoms with Crippen LogP contribution in [0.5, 0.6) is 0 Å². The van der Waals surface area contributed by atoms with Crippen LogP contribution < -0.4 is 10.6 Å². The first-order chi connectivity index (χ1) is 10.0. The van der Waals surface area contributed by atoms with Crippen molar-refractivity contribution in [2.24, 2.45) is 5.41 Å². The summed E-state index contributed by atoms with van der Waals surface area (Å²) < 4.78 is 61.2. The molecule has 0 fully saturated rings. The molecule has 138 valence electrons. The van der Waals surface area contributed by atoms with Gasteiger partial charge in [-0.2, -0.15) is 13.2 Å². The number of halogens is 3. The molecule has 0 aliphatic rings. The van der Waals surface area contributed by atoms with E-state index in [2.05, 4.69) is 10.6 Å². The Morgan fingerprint density at radius 2 is 1.61 bits per heavy atom. The lowest BCUT2D eigenvalue weighted by molar-refractivity contribution is -0.107. The lowest BCUT2D eigenvalue weighted by atomic mass is 9.87. The molecule has 0 aliphatic heterocycles. The van der Waals surface area contributed by atoms with Crippen LogP contribution in [0.4, 0.5) is 18.0 Å². The van der Waals surface area contributed by atoms with Gasteiger partial charge in [0.25, 0.3) is 0 Å². The molecule has 0 spiro atoms. The van der Waals surface area contributed by atoms with Crippen molar-refractivity contribution >= 4 is 16.1 Å². The molecule has 0 radical (unpaired) electrons. The molecule has 0 bridgehead atoms. The largest absolute Gasteiger partial charge is 0.404 e. The number of nitrogens with zero attached hydrogens (tertiary/aromatic N) is 1. The van der Waals surface area contributed by atoms with Crippen molar-refractivity contribution in [2.45, 2.75) is 52.9 Å². The highest BCUT2D eigenvalue weighted by molar-refractivity contribution is 7.89. The van der Waals surface area contributed by atoms with Crippen LogP contribution in [0.3, 0.4) is 0 Å². The second kappa shape index (κ2) is 7.69. The third-order valence-electron chi connectivity index (χ3n) is 3.03. The van der Waals surface area contributed by atoms with Crippen LogP contribution >= 0.6 is 0 Å². The van der Waals surface area contributed by atoms with Gasteiger partial charge in [0.05, 0.1) is 0 Å². The standard InChI is InChI=1S/C13H26F3N3O3S/c1-9(2)17-11(20)18-10(12(3,4)5)7-19(6)23(21,22)8-13(14,15)16/h9-10H,7-8H2,1-6H3,(H2,17,18,20). The minimum atomic E-state index is -4.81. The van der Waals surface area contributed by atoms with Crippen LogP contribution in [0.2, 0.25) is 0 Å². The highest BCUT2D eigenvalue weighted by Gasteiger charge is 2.39. The number of carbonyl (C=O) groups is 1. The summed E-state index contributed by atoms with van der Waals surface area (Å²) in [4.78, 5) is 11.8. The first kappa shape index (κ1) is 22.0. The van der Waals surface area contributed by atoms with Gasteiger partial charge in [0.2, 0.25) is 10.0 Å². The number of hydrogen-bond donors (Lipinski definition) is 2. The van der Waals surface area contributed by atoms with Gasteiger partial charge in [0.15, 0.2) is 5.75 Å². The molecule has 23 heavy (non-hydrogen) atoms. The van der Waals surface area contributed by atoms with E-state index in [4.69, 9.17) is 0 Å². The Bertz CT molecular complexity index is 499. The third-order valence-corrected chi connectivity index (χ3v) is 4.82. The predicted molar refractivity (Wildman–Crippen MR) is 82.5 cm³/mol. The van der Waals surface area contributed by atoms with E-state index < -0.39 is 39.4 Å². The van der Waals surface area contributed by atoms with Crippen LogP contribution in [-0.4, -0.2) is 56.4 Å². The fourth-order valence-electron chi connectivity index (χ4n) is 1.69. The van der Waals surface area contributed by atoms with Crippen LogP contribution in [0.15, 0.2) is 0 Å². The minimum absolute atomic E-state index is 0.123. The van der Waals surface area contributed by atoms with Gasteiger partial charge in [-0.1, -0.05) is 20.8 Å². The average Bonchev–Trinajstić information content (AvgIpc) is 2.21. The van der Waals surface area contributed by atoms with E-state index in [-0.39, 0.29) is 12.6 Å². The van der Waals surface area contributed by atoms with E-state index in [1.807, 2.05) is 0 Å². The molecule has 2 amide bonds. The molecular formula is C13H26F3N3O3S. The minimum Gasteiger partial charge on any atom is -0.336 e. The Hall–Kier alpha value is -1.03. The summed E-state index contributed by atoms with van der Waals surface area (Å²) in [7, 11) is -3.42. The normalized spacial score (nSPS) is 14.9. The number of hydrogen-bond acceptors (Lipinski definition) is 3. The van der Waals surface area contributed by atoms with Gasteiger partial charge in [-0.05, 0) is 19.3 Å². The van der Waals surface area contributed by atoms with Crippen molar-refractivity contribution in [3.63, 3.8) is 0 Å². The number of urea groups is 1. The lowest BCUT2D eigenvalue weighted by Gasteiger charge is -2.34. The van der Waals surface area contributed by atoms with Crippen molar-refractivity contribution in [3.8, 4) is 0 Å². The highest BCUT2D eigenvalue weighted by atomic mass is 32.2. The van der Waals surface area contributed by atoms with Gasteiger partial charge >= 0.3 is 12.2 Å². The van der Waals surface area contributed by atoms with E-state index in [0.29, 0.717) is 4.31 Å². The fourth-order valence-corrected chi connectivity index (χ4v) is 2.70. The van der Waals surface area contributed by atoms with Crippen LogP contribution in [0.1, 0.15) is 34.6 Å². The van der Waals surface area contributed by atoms with Gasteiger partial charge in [-0.3, -0.25) is 0 Å². The van der Waals surface area contributed by atoms with E-state index in [9.17, 15) is 26.4 Å². The molecule has 0 rings (SSSR count). The maximum atomic E-state index is 12.4. The van der Waals surface area contributed by atoms with Crippen molar-refractivity contribution in [1.29, 1.82) is 0 Å². The summed E-state index contributed by atoms with van der Waals surface area (Å²) in [5.41, 5.74) is -0.545. The first-order valence-corrected chi connectivity index (χ1v) is 8.73. The molecular weight excluding hydrogens is 335 g/mol. The molecule has 1 atom stereocenters. The van der Waals surface area contributed by atoms with E-state index in [1.165, 1.54) is 0 Å². The monoisotopic (exact) mass is 361 g/mol. The van der Waals surface area contributed by atoms with Crippen molar-refractivity contribution in [1.82, 2.24) is 14.9 Å². The van der Waals surface area contributed by atoms with E-state index in [1.54, 1.807) is 34.6 Å². The molecule has 10 heteroatoms. The zero-order chi connectivity index (χ0) is 18.6. The van der Waals surface area contributed by atoms with Gasteiger partial charge in [0.1, 0.15) is 0 Å². The number of carbonyl (C=O) groups excluding carboxylic acids is 1. The number of sulfonamides is 1. The smallest absolute Gasteiger partial charge is 0.336 e. The molecule has 0 heterocycles. The molecule has 0 saturated carbocycles. The van der Waals surface area contributed by atoms with E-state index >= 15 is 0 Å². The molecule has 0 aromatic carbocycles. The molecule has 2 N–H and O–H groups in total. The Morgan fingerprint density at radius 1 is 1.13 bits per heavy atom. The van der Waals surface area contributed by atoms with Gasteiger partial charge in [-0.25, -0.2) is 17.5 Å². The van der Waals surface area contributed by atoms with Crippen LogP contribution in [0, 0.1) is 5.41 Å². The number of alkyl halides is 3. The number of rotatable bonds is 6. The molecule has 6 nitrogen and oxygen atoms in total. The number of amides is 2. The quantitative estimate of drug-likeness (QED) is 0.759. The Labute approximate surface area is 135 Å². The number of nitrogens with one attached hydrogen (secondary N) is 2. The molecule has 0 aliphatic carbocycles. The summed E-state index contributed by atoms with van der Waals surface area (Å²) in [6.45, 7) is 8.54. The molecule has 0 aromatic heterocycles. The second-order valence-corrected chi connectivity index (χ2v) is 8.92. The van der Waals surface area contributed by atoms with Gasteiger partial charge in [0, 0.05) is 25.7 Å².